The molecule has 0 radical (unpaired) electrons. The first-order valence-corrected chi connectivity index (χ1v) is 11.0. The molecule has 1 fully saturated rings. The Bertz CT molecular complexity index is 873. The van der Waals surface area contributed by atoms with E-state index in [1.165, 1.54) is 11.8 Å². The molecule has 1 saturated heterocycles. The molecule has 0 saturated carbocycles. The van der Waals surface area contributed by atoms with E-state index in [1.807, 2.05) is 24.3 Å². The molecule has 3 rings (SSSR count). The third-order valence-corrected chi connectivity index (χ3v) is 6.89. The van der Waals surface area contributed by atoms with Crippen LogP contribution in [0.3, 0.4) is 0 Å². The van der Waals surface area contributed by atoms with Crippen molar-refractivity contribution in [3.05, 3.63) is 47.9 Å². The Balaban J connectivity index is 1.71. The van der Waals surface area contributed by atoms with Gasteiger partial charge in [0, 0.05) is 11.4 Å². The van der Waals surface area contributed by atoms with Crippen LogP contribution < -0.4 is 4.74 Å². The van der Waals surface area contributed by atoms with Gasteiger partial charge in [0.15, 0.2) is 9.84 Å². The van der Waals surface area contributed by atoms with Crippen LogP contribution in [0.5, 0.6) is 5.75 Å². The summed E-state index contributed by atoms with van der Waals surface area (Å²) in [5.41, 5.74) is 0. The van der Waals surface area contributed by atoms with Crippen molar-refractivity contribution < 1.29 is 22.4 Å². The van der Waals surface area contributed by atoms with Gasteiger partial charge < -0.3 is 14.1 Å². The Morgan fingerprint density at radius 1 is 1.27 bits per heavy atom. The molecule has 0 bridgehead atoms. The fraction of sp³-hybridized carbons (Fsp3) is 0.389. The summed E-state index contributed by atoms with van der Waals surface area (Å²) in [5.74, 6) is 2.01. The van der Waals surface area contributed by atoms with Gasteiger partial charge in [-0.05, 0) is 43.3 Å². The first kappa shape index (κ1) is 18.8. The van der Waals surface area contributed by atoms with Crippen LogP contribution in [-0.2, 0) is 14.6 Å². The van der Waals surface area contributed by atoms with Gasteiger partial charge in [-0.1, -0.05) is 0 Å². The Labute approximate surface area is 157 Å². The van der Waals surface area contributed by atoms with Crippen molar-refractivity contribution in [3.8, 4) is 5.75 Å². The number of rotatable bonds is 5. The standard InChI is InChI=1S/C18H21NO5S2/c1-13-3-8-17(24-13)16-12-26(21,22)10-9-19(16)18(20)11-25-15-6-4-14(23-2)5-7-15/h3-8,16H,9-12H2,1-2H3/t16-/m1/s1. The predicted molar refractivity (Wildman–Crippen MR) is 100 cm³/mol. The number of furan rings is 1. The molecule has 1 aliphatic heterocycles. The van der Waals surface area contributed by atoms with Crippen LogP contribution in [0.15, 0.2) is 45.7 Å². The number of aryl methyl sites for hydroxylation is 1. The summed E-state index contributed by atoms with van der Waals surface area (Å²) >= 11 is 1.42. The van der Waals surface area contributed by atoms with Crippen molar-refractivity contribution >= 4 is 27.5 Å². The number of thioether (sulfide) groups is 1. The number of sulfone groups is 1. The smallest absolute Gasteiger partial charge is 0.233 e. The molecule has 0 aliphatic carbocycles. The molecule has 0 unspecified atom stereocenters. The summed E-state index contributed by atoms with van der Waals surface area (Å²) < 4.78 is 34.8. The van der Waals surface area contributed by atoms with E-state index in [1.54, 1.807) is 31.1 Å². The third-order valence-electron chi connectivity index (χ3n) is 4.26. The Morgan fingerprint density at radius 3 is 2.62 bits per heavy atom. The molecule has 140 valence electrons. The number of methoxy groups -OCH3 is 1. The average Bonchev–Trinajstić information content (AvgIpc) is 3.05. The summed E-state index contributed by atoms with van der Waals surface area (Å²) in [6.07, 6.45) is 0. The second-order valence-electron chi connectivity index (χ2n) is 6.13. The van der Waals surface area contributed by atoms with E-state index in [0.29, 0.717) is 11.5 Å². The molecule has 1 aliphatic rings. The minimum Gasteiger partial charge on any atom is -0.497 e. The largest absolute Gasteiger partial charge is 0.497 e. The van der Waals surface area contributed by atoms with Crippen molar-refractivity contribution in [2.75, 3.05) is 30.9 Å². The van der Waals surface area contributed by atoms with Gasteiger partial charge in [-0.25, -0.2) is 8.42 Å². The summed E-state index contributed by atoms with van der Waals surface area (Å²) in [5, 5.41) is 0. The maximum Gasteiger partial charge on any atom is 0.233 e. The van der Waals surface area contributed by atoms with E-state index in [9.17, 15) is 13.2 Å². The zero-order chi connectivity index (χ0) is 18.7. The Kier molecular flexibility index (Phi) is 5.62. The molecular weight excluding hydrogens is 374 g/mol. The number of amides is 1. The predicted octanol–water partition coefficient (Wildman–Crippen LogP) is 2.69. The van der Waals surface area contributed by atoms with Crippen LogP contribution >= 0.6 is 11.8 Å². The highest BCUT2D eigenvalue weighted by molar-refractivity contribution is 8.00. The van der Waals surface area contributed by atoms with E-state index in [2.05, 4.69) is 0 Å². The van der Waals surface area contributed by atoms with Gasteiger partial charge in [-0.2, -0.15) is 0 Å². The van der Waals surface area contributed by atoms with Crippen molar-refractivity contribution in [2.45, 2.75) is 17.9 Å². The molecule has 0 N–H and O–H groups in total. The number of hydrogen-bond acceptors (Lipinski definition) is 6. The molecule has 26 heavy (non-hydrogen) atoms. The van der Waals surface area contributed by atoms with Gasteiger partial charge in [-0.3, -0.25) is 4.79 Å². The summed E-state index contributed by atoms with van der Waals surface area (Å²) in [4.78, 5) is 15.3. The lowest BCUT2D eigenvalue weighted by Gasteiger charge is -2.34. The number of benzene rings is 1. The van der Waals surface area contributed by atoms with Crippen molar-refractivity contribution in [1.29, 1.82) is 0 Å². The number of carbonyl (C=O) groups excluding carboxylic acids is 1. The third kappa shape index (κ3) is 4.42. The lowest BCUT2D eigenvalue weighted by atomic mass is 10.2. The number of hydrogen-bond donors (Lipinski definition) is 0. The first-order chi connectivity index (χ1) is 12.4. The first-order valence-electron chi connectivity index (χ1n) is 8.21. The number of nitrogens with zero attached hydrogens (tertiary/aromatic N) is 1. The molecule has 2 aromatic rings. The van der Waals surface area contributed by atoms with Crippen LogP contribution in [0.25, 0.3) is 0 Å². The second-order valence-corrected chi connectivity index (χ2v) is 9.41. The van der Waals surface area contributed by atoms with E-state index in [4.69, 9.17) is 9.15 Å². The molecule has 6 nitrogen and oxygen atoms in total. The quantitative estimate of drug-likeness (QED) is 0.725. The Hall–Kier alpha value is -1.93. The minimum atomic E-state index is -3.19. The van der Waals surface area contributed by atoms with Gasteiger partial charge in [0.05, 0.1) is 24.4 Å². The monoisotopic (exact) mass is 395 g/mol. The number of ether oxygens (including phenoxy) is 1. The lowest BCUT2D eigenvalue weighted by Crippen LogP contribution is -2.46. The van der Waals surface area contributed by atoms with E-state index >= 15 is 0 Å². The van der Waals surface area contributed by atoms with Gasteiger partial charge in [0.2, 0.25) is 5.91 Å². The normalized spacial score (nSPS) is 19.3. The molecule has 8 heteroatoms. The zero-order valence-electron chi connectivity index (χ0n) is 14.7. The van der Waals surface area contributed by atoms with Crippen molar-refractivity contribution in [3.63, 3.8) is 0 Å². The van der Waals surface area contributed by atoms with Crippen LogP contribution in [0.2, 0.25) is 0 Å². The summed E-state index contributed by atoms with van der Waals surface area (Å²) in [6, 6.07) is 10.4. The van der Waals surface area contributed by atoms with Crippen molar-refractivity contribution in [1.82, 2.24) is 4.90 Å². The van der Waals surface area contributed by atoms with Crippen LogP contribution in [0, 0.1) is 6.92 Å². The molecule has 1 amide bonds. The molecule has 0 spiro atoms. The van der Waals surface area contributed by atoms with Gasteiger partial charge in [0.25, 0.3) is 0 Å². The molecule has 1 atom stereocenters. The number of carbonyl (C=O) groups is 1. The molecule has 1 aromatic carbocycles. The van der Waals surface area contributed by atoms with Crippen LogP contribution in [0.1, 0.15) is 17.6 Å². The minimum absolute atomic E-state index is 0.0118. The van der Waals surface area contributed by atoms with Crippen molar-refractivity contribution in [2.24, 2.45) is 0 Å². The fourth-order valence-electron chi connectivity index (χ4n) is 2.87. The van der Waals surface area contributed by atoms with Gasteiger partial charge in [-0.15, -0.1) is 11.8 Å². The highest BCUT2D eigenvalue weighted by atomic mass is 32.2. The SMILES string of the molecule is COc1ccc(SCC(=O)N2CCS(=O)(=O)C[C@@H]2c2ccc(C)o2)cc1. The second kappa shape index (κ2) is 7.75. The molecule has 2 heterocycles. The van der Waals surface area contributed by atoms with Gasteiger partial charge >= 0.3 is 0 Å². The fourth-order valence-corrected chi connectivity index (χ4v) is 5.13. The topological polar surface area (TPSA) is 76.8 Å². The zero-order valence-corrected chi connectivity index (χ0v) is 16.3. The van der Waals surface area contributed by atoms with E-state index < -0.39 is 15.9 Å². The maximum absolute atomic E-state index is 12.7. The lowest BCUT2D eigenvalue weighted by molar-refractivity contribution is -0.130. The average molecular weight is 396 g/mol. The highest BCUT2D eigenvalue weighted by Crippen LogP contribution is 2.30. The maximum atomic E-state index is 12.7. The summed E-state index contributed by atoms with van der Waals surface area (Å²) in [7, 11) is -1.58. The molecular formula is C18H21NO5S2. The van der Waals surface area contributed by atoms with Crippen LogP contribution in [0.4, 0.5) is 0 Å². The summed E-state index contributed by atoms with van der Waals surface area (Å²) in [6.45, 7) is 1.99. The Morgan fingerprint density at radius 2 is 2.00 bits per heavy atom. The van der Waals surface area contributed by atoms with E-state index in [0.717, 1.165) is 10.6 Å². The molecule has 1 aromatic heterocycles. The van der Waals surface area contributed by atoms with Gasteiger partial charge in [0.1, 0.15) is 23.3 Å². The van der Waals surface area contributed by atoms with Crippen LogP contribution in [-0.4, -0.2) is 50.1 Å². The van der Waals surface area contributed by atoms with E-state index in [-0.39, 0.29) is 29.7 Å². The highest BCUT2D eigenvalue weighted by Gasteiger charge is 2.36.